The van der Waals surface area contributed by atoms with Crippen LogP contribution in [0.3, 0.4) is 0 Å². The molecule has 0 aliphatic carbocycles. The highest BCUT2D eigenvalue weighted by Gasteiger charge is 2.30. The molecule has 1 unspecified atom stereocenters. The highest BCUT2D eigenvalue weighted by molar-refractivity contribution is 5.61. The van der Waals surface area contributed by atoms with Crippen LogP contribution in [-0.4, -0.2) is 38.0 Å². The van der Waals surface area contributed by atoms with Gasteiger partial charge in [0.2, 0.25) is 0 Å². The summed E-state index contributed by atoms with van der Waals surface area (Å²) < 4.78 is 1.50. The molecule has 2 heterocycles. The van der Waals surface area contributed by atoms with Gasteiger partial charge in [-0.1, -0.05) is 0 Å². The quantitative estimate of drug-likeness (QED) is 0.511. The summed E-state index contributed by atoms with van der Waals surface area (Å²) in [6.07, 6.45) is 3.30. The third kappa shape index (κ3) is 2.07. The summed E-state index contributed by atoms with van der Waals surface area (Å²) in [7, 11) is 0. The van der Waals surface area contributed by atoms with Crippen LogP contribution < -0.4 is 11.1 Å². The van der Waals surface area contributed by atoms with E-state index in [0.717, 1.165) is 0 Å². The van der Waals surface area contributed by atoms with E-state index in [-0.39, 0.29) is 19.0 Å². The number of aliphatic hydroxyl groups excluding tert-OH is 1. The van der Waals surface area contributed by atoms with Crippen molar-refractivity contribution in [3.05, 3.63) is 24.0 Å². The molecular weight excluding hydrogens is 222 g/mol. The van der Waals surface area contributed by atoms with Crippen LogP contribution in [-0.2, 0) is 5.72 Å². The zero-order chi connectivity index (χ0) is 12.5. The molecule has 1 atom stereocenters. The van der Waals surface area contributed by atoms with E-state index in [9.17, 15) is 5.11 Å². The molecule has 0 saturated carbocycles. The Hall–Kier alpha value is -1.70. The van der Waals surface area contributed by atoms with Gasteiger partial charge in [0.25, 0.3) is 0 Å². The number of nitrogens with two attached hydrogens (primary N) is 1. The van der Waals surface area contributed by atoms with Crippen molar-refractivity contribution < 1.29 is 10.2 Å². The van der Waals surface area contributed by atoms with Crippen molar-refractivity contribution in [2.24, 2.45) is 0 Å². The number of fused-ring (bicyclic) bond motifs is 1. The van der Waals surface area contributed by atoms with Gasteiger partial charge in [0.05, 0.1) is 12.2 Å². The van der Waals surface area contributed by atoms with Crippen LogP contribution >= 0.6 is 0 Å². The summed E-state index contributed by atoms with van der Waals surface area (Å²) in [6, 6.07) is 1.72. The van der Waals surface area contributed by atoms with Crippen LogP contribution in [0.2, 0.25) is 0 Å². The summed E-state index contributed by atoms with van der Waals surface area (Å²) in [5.41, 5.74) is 5.29. The van der Waals surface area contributed by atoms with Gasteiger partial charge in [0, 0.05) is 18.9 Å². The summed E-state index contributed by atoms with van der Waals surface area (Å²) in [5.74, 6) is 0.208. The van der Waals surface area contributed by atoms with Crippen LogP contribution in [0, 0.1) is 0 Å². The monoisotopic (exact) mass is 237 g/mol. The van der Waals surface area contributed by atoms with E-state index in [2.05, 4.69) is 15.4 Å². The third-order valence-corrected chi connectivity index (χ3v) is 2.49. The lowest BCUT2D eigenvalue weighted by atomic mass is 10.1. The first kappa shape index (κ1) is 11.8. The average molecular weight is 237 g/mol. The molecule has 5 N–H and O–H groups in total. The fourth-order valence-corrected chi connectivity index (χ4v) is 1.76. The van der Waals surface area contributed by atoms with Gasteiger partial charge in [0.1, 0.15) is 5.72 Å². The molecule has 0 bridgehead atoms. The summed E-state index contributed by atoms with van der Waals surface area (Å²) >= 11 is 0. The number of hydrogen-bond acceptors (Lipinski definition) is 6. The van der Waals surface area contributed by atoms with Crippen LogP contribution in [0.5, 0.6) is 0 Å². The molecule has 0 aliphatic rings. The van der Waals surface area contributed by atoms with Crippen LogP contribution in [0.4, 0.5) is 5.82 Å². The van der Waals surface area contributed by atoms with Crippen LogP contribution in [0.15, 0.2) is 18.5 Å². The average Bonchev–Trinajstić information content (AvgIpc) is 2.63. The van der Waals surface area contributed by atoms with E-state index in [1.54, 1.807) is 25.4 Å². The molecule has 17 heavy (non-hydrogen) atoms. The molecule has 0 saturated heterocycles. The maximum absolute atomic E-state index is 10.3. The summed E-state index contributed by atoms with van der Waals surface area (Å²) in [5, 5.41) is 25.9. The minimum Gasteiger partial charge on any atom is -0.395 e. The van der Waals surface area contributed by atoms with E-state index in [0.29, 0.717) is 11.2 Å². The topological polar surface area (TPSA) is 109 Å². The minimum absolute atomic E-state index is 0.0807. The fraction of sp³-hybridized carbons (Fsp3) is 0.400. The Bertz CT molecular complexity index is 522. The van der Waals surface area contributed by atoms with E-state index >= 15 is 0 Å². The van der Waals surface area contributed by atoms with Crippen molar-refractivity contribution >= 4 is 11.5 Å². The second-order valence-corrected chi connectivity index (χ2v) is 3.87. The molecule has 0 radical (unpaired) electrons. The van der Waals surface area contributed by atoms with E-state index in [4.69, 9.17) is 10.8 Å². The highest BCUT2D eigenvalue weighted by atomic mass is 16.3. The van der Waals surface area contributed by atoms with Gasteiger partial charge in [-0.15, -0.1) is 5.10 Å². The van der Waals surface area contributed by atoms with Crippen LogP contribution in [0.25, 0.3) is 5.65 Å². The van der Waals surface area contributed by atoms with Crippen LogP contribution in [0.1, 0.15) is 12.5 Å². The highest BCUT2D eigenvalue weighted by Crippen LogP contribution is 2.26. The first-order valence-corrected chi connectivity index (χ1v) is 5.24. The number of aromatic nitrogens is 3. The zero-order valence-electron chi connectivity index (χ0n) is 9.46. The van der Waals surface area contributed by atoms with Crippen molar-refractivity contribution in [2.45, 2.75) is 12.6 Å². The third-order valence-electron chi connectivity index (χ3n) is 2.49. The van der Waals surface area contributed by atoms with E-state index in [1.807, 2.05) is 0 Å². The van der Waals surface area contributed by atoms with Gasteiger partial charge in [-0.25, -0.2) is 9.50 Å². The first-order chi connectivity index (χ1) is 8.06. The van der Waals surface area contributed by atoms with Gasteiger partial charge in [-0.2, -0.15) is 0 Å². The second kappa shape index (κ2) is 4.28. The molecule has 2 aromatic heterocycles. The molecule has 0 aliphatic heterocycles. The van der Waals surface area contributed by atoms with E-state index in [1.165, 1.54) is 4.52 Å². The van der Waals surface area contributed by atoms with Crippen molar-refractivity contribution in [3.63, 3.8) is 0 Å². The molecule has 0 fully saturated rings. The molecule has 0 aromatic carbocycles. The minimum atomic E-state index is -1.39. The molecular formula is C10H15N5O2. The summed E-state index contributed by atoms with van der Waals surface area (Å²) in [6.45, 7) is 1.71. The molecule has 0 amide bonds. The fourth-order valence-electron chi connectivity index (χ4n) is 1.76. The molecule has 7 nitrogen and oxygen atoms in total. The van der Waals surface area contributed by atoms with Gasteiger partial charge in [-0.3, -0.25) is 5.32 Å². The second-order valence-electron chi connectivity index (χ2n) is 3.87. The van der Waals surface area contributed by atoms with Crippen molar-refractivity contribution in [3.8, 4) is 0 Å². The Morgan fingerprint density at radius 3 is 3.06 bits per heavy atom. The molecule has 0 spiro atoms. The van der Waals surface area contributed by atoms with Crippen molar-refractivity contribution in [2.75, 3.05) is 18.9 Å². The Kier molecular flexibility index (Phi) is 2.97. The van der Waals surface area contributed by atoms with Gasteiger partial charge in [-0.05, 0) is 13.0 Å². The number of anilines is 1. The molecule has 2 rings (SSSR count). The Morgan fingerprint density at radius 2 is 2.35 bits per heavy atom. The van der Waals surface area contributed by atoms with Crippen molar-refractivity contribution in [1.82, 2.24) is 19.9 Å². The van der Waals surface area contributed by atoms with Gasteiger partial charge >= 0.3 is 0 Å². The number of nitrogen functional groups attached to an aromatic ring is 1. The smallest absolute Gasteiger partial charge is 0.164 e. The summed E-state index contributed by atoms with van der Waals surface area (Å²) in [4.78, 5) is 4.13. The van der Waals surface area contributed by atoms with Gasteiger partial charge < -0.3 is 15.9 Å². The lowest BCUT2D eigenvalue weighted by molar-refractivity contribution is 0.0178. The van der Waals surface area contributed by atoms with Gasteiger partial charge in [0.15, 0.2) is 11.5 Å². The van der Waals surface area contributed by atoms with E-state index < -0.39 is 5.72 Å². The largest absolute Gasteiger partial charge is 0.395 e. The lowest BCUT2D eigenvalue weighted by Gasteiger charge is -2.23. The zero-order valence-corrected chi connectivity index (χ0v) is 9.46. The number of nitrogens with one attached hydrogen (secondary N) is 1. The first-order valence-electron chi connectivity index (χ1n) is 5.24. The Balaban J connectivity index is 2.50. The molecule has 7 heteroatoms. The normalized spacial score (nSPS) is 15.0. The number of rotatable bonds is 4. The standard InChI is InChI=1S/C10H15N5O2/c1-10(17,13-4-6-16)7-8(11)14-15-5-2-3-12-9(7)15/h2-3,5,13,16-17H,4,6H2,1H3,(H2,11,14). The number of nitrogens with zero attached hydrogens (tertiary/aromatic N) is 3. The Morgan fingerprint density at radius 1 is 1.59 bits per heavy atom. The number of hydrogen-bond donors (Lipinski definition) is 4. The molecule has 2 aromatic rings. The lowest BCUT2D eigenvalue weighted by Crippen LogP contribution is -2.41. The van der Waals surface area contributed by atoms with Crippen molar-refractivity contribution in [1.29, 1.82) is 0 Å². The Labute approximate surface area is 97.9 Å². The predicted molar refractivity (Wildman–Crippen MR) is 62.1 cm³/mol. The predicted octanol–water partition coefficient (Wildman–Crippen LogP) is -0.942. The SMILES string of the molecule is CC(O)(NCCO)c1c(N)nn2cccnc12. The number of aliphatic hydroxyl groups is 2. The molecule has 92 valence electrons. The maximum Gasteiger partial charge on any atom is 0.164 e. The maximum atomic E-state index is 10.3.